The first-order valence-electron chi connectivity index (χ1n) is 6.50. The summed E-state index contributed by atoms with van der Waals surface area (Å²) in [6, 6.07) is 4.41. The third-order valence-electron chi connectivity index (χ3n) is 3.04. The Hall–Kier alpha value is -1.95. The van der Waals surface area contributed by atoms with Gasteiger partial charge in [-0.15, -0.1) is 5.10 Å². The number of hydrogen-bond acceptors (Lipinski definition) is 3. The van der Waals surface area contributed by atoms with Gasteiger partial charge in [-0.2, -0.15) is 0 Å². The van der Waals surface area contributed by atoms with Crippen molar-refractivity contribution in [1.29, 1.82) is 0 Å². The minimum absolute atomic E-state index is 0.0515. The van der Waals surface area contributed by atoms with Crippen LogP contribution in [0, 0.1) is 5.82 Å². The van der Waals surface area contributed by atoms with Gasteiger partial charge in [0.2, 0.25) is 5.82 Å². The molecule has 1 N–H and O–H groups in total. The normalized spacial score (nSPS) is 11.0. The predicted molar refractivity (Wildman–Crippen MR) is 77.7 cm³/mol. The topological polar surface area (TPSA) is 61.9 Å². The molecule has 2 rings (SSSR count). The summed E-state index contributed by atoms with van der Waals surface area (Å²) >= 11 is 5.95. The summed E-state index contributed by atoms with van der Waals surface area (Å²) in [4.78, 5) is 17.7. The van der Waals surface area contributed by atoms with Crippen molar-refractivity contribution < 1.29 is 9.18 Å². The first-order valence-corrected chi connectivity index (χ1v) is 6.88. The van der Waals surface area contributed by atoms with Crippen LogP contribution in [0.5, 0.6) is 0 Å². The number of carbonyl (C=O) groups is 1. The van der Waals surface area contributed by atoms with Crippen LogP contribution in [0.4, 0.5) is 4.39 Å². The Bertz CT molecular complexity index is 636. The fourth-order valence-electron chi connectivity index (χ4n) is 1.79. The lowest BCUT2D eigenvalue weighted by Gasteiger charge is -2.16. The van der Waals surface area contributed by atoms with Crippen molar-refractivity contribution in [2.24, 2.45) is 0 Å². The number of aromatic nitrogens is 3. The SMILES string of the molecule is CC(C)c1nc(C(=O)N(C)Cc2c(F)cccc2Cl)n[nH]1. The number of hydrogen-bond donors (Lipinski definition) is 1. The summed E-state index contributed by atoms with van der Waals surface area (Å²) in [6.45, 7) is 3.94. The van der Waals surface area contributed by atoms with Crippen LogP contribution in [0.2, 0.25) is 5.02 Å². The molecule has 1 aromatic heterocycles. The number of amides is 1. The number of nitrogens with one attached hydrogen (secondary N) is 1. The third-order valence-corrected chi connectivity index (χ3v) is 3.40. The summed E-state index contributed by atoms with van der Waals surface area (Å²) in [5.41, 5.74) is 0.273. The lowest BCUT2D eigenvalue weighted by molar-refractivity contribution is 0.0772. The summed E-state index contributed by atoms with van der Waals surface area (Å²) in [5.74, 6) is 0.00665. The Morgan fingerprint density at radius 3 is 2.76 bits per heavy atom. The molecule has 5 nitrogen and oxygen atoms in total. The second-order valence-electron chi connectivity index (χ2n) is 5.06. The van der Waals surface area contributed by atoms with E-state index in [4.69, 9.17) is 11.6 Å². The third kappa shape index (κ3) is 3.39. The highest BCUT2D eigenvalue weighted by atomic mass is 35.5. The van der Waals surface area contributed by atoms with Crippen LogP contribution in [0.25, 0.3) is 0 Å². The van der Waals surface area contributed by atoms with Gasteiger partial charge in [-0.05, 0) is 12.1 Å². The van der Waals surface area contributed by atoms with Crippen LogP contribution in [-0.4, -0.2) is 33.0 Å². The summed E-state index contributed by atoms with van der Waals surface area (Å²) < 4.78 is 13.7. The van der Waals surface area contributed by atoms with Crippen molar-refractivity contribution in [3.8, 4) is 0 Å². The van der Waals surface area contributed by atoms with E-state index >= 15 is 0 Å². The molecule has 0 aliphatic carbocycles. The maximum Gasteiger partial charge on any atom is 0.293 e. The van der Waals surface area contributed by atoms with E-state index in [1.165, 1.54) is 17.0 Å². The van der Waals surface area contributed by atoms with E-state index in [-0.39, 0.29) is 28.9 Å². The van der Waals surface area contributed by atoms with E-state index < -0.39 is 11.7 Å². The molecule has 0 saturated carbocycles. The zero-order valence-corrected chi connectivity index (χ0v) is 12.8. The monoisotopic (exact) mass is 310 g/mol. The molecular weight excluding hydrogens is 295 g/mol. The second-order valence-corrected chi connectivity index (χ2v) is 5.47. The highest BCUT2D eigenvalue weighted by molar-refractivity contribution is 6.31. The van der Waals surface area contributed by atoms with E-state index in [1.807, 2.05) is 13.8 Å². The van der Waals surface area contributed by atoms with Gasteiger partial charge >= 0.3 is 0 Å². The van der Waals surface area contributed by atoms with Crippen molar-refractivity contribution in [1.82, 2.24) is 20.1 Å². The van der Waals surface area contributed by atoms with Crippen LogP contribution in [0.15, 0.2) is 18.2 Å². The second kappa shape index (κ2) is 6.22. The molecule has 21 heavy (non-hydrogen) atoms. The molecule has 0 atom stereocenters. The Kier molecular flexibility index (Phi) is 4.57. The average Bonchev–Trinajstić information content (AvgIpc) is 2.92. The molecule has 0 spiro atoms. The summed E-state index contributed by atoms with van der Waals surface area (Å²) in [6.07, 6.45) is 0. The number of H-pyrrole nitrogens is 1. The molecule has 0 bridgehead atoms. The zero-order valence-electron chi connectivity index (χ0n) is 12.0. The molecule has 1 aromatic carbocycles. The largest absolute Gasteiger partial charge is 0.334 e. The molecule has 112 valence electrons. The maximum absolute atomic E-state index is 13.7. The number of nitrogens with zero attached hydrogens (tertiary/aromatic N) is 3. The highest BCUT2D eigenvalue weighted by Gasteiger charge is 2.20. The van der Waals surface area contributed by atoms with Gasteiger partial charge in [-0.3, -0.25) is 9.89 Å². The minimum atomic E-state index is -0.444. The average molecular weight is 311 g/mol. The first kappa shape index (κ1) is 15.4. The van der Waals surface area contributed by atoms with Gasteiger partial charge in [-0.25, -0.2) is 9.37 Å². The summed E-state index contributed by atoms with van der Waals surface area (Å²) in [7, 11) is 1.55. The van der Waals surface area contributed by atoms with Crippen molar-refractivity contribution >= 4 is 17.5 Å². The Morgan fingerprint density at radius 2 is 2.19 bits per heavy atom. The number of carbonyl (C=O) groups excluding carboxylic acids is 1. The molecule has 2 aromatic rings. The lowest BCUT2D eigenvalue weighted by Crippen LogP contribution is -2.27. The molecule has 1 heterocycles. The van der Waals surface area contributed by atoms with Gasteiger partial charge in [0.25, 0.3) is 5.91 Å². The van der Waals surface area contributed by atoms with E-state index in [2.05, 4.69) is 15.2 Å². The van der Waals surface area contributed by atoms with Crippen molar-refractivity contribution in [3.63, 3.8) is 0 Å². The first-order chi connectivity index (χ1) is 9.90. The molecular formula is C14H16ClFN4O. The maximum atomic E-state index is 13.7. The molecule has 0 radical (unpaired) electrons. The van der Waals surface area contributed by atoms with Gasteiger partial charge in [0, 0.05) is 23.6 Å². The molecule has 0 aliphatic heterocycles. The van der Waals surface area contributed by atoms with Gasteiger partial charge in [0.1, 0.15) is 11.6 Å². The lowest BCUT2D eigenvalue weighted by atomic mass is 10.2. The van der Waals surface area contributed by atoms with E-state index in [1.54, 1.807) is 13.1 Å². The highest BCUT2D eigenvalue weighted by Crippen LogP contribution is 2.20. The van der Waals surface area contributed by atoms with Crippen LogP contribution < -0.4 is 0 Å². The van der Waals surface area contributed by atoms with Crippen LogP contribution in [-0.2, 0) is 6.54 Å². The predicted octanol–water partition coefficient (Wildman–Crippen LogP) is 2.99. The molecule has 0 aliphatic rings. The number of rotatable bonds is 4. The number of halogens is 2. The Morgan fingerprint density at radius 1 is 1.48 bits per heavy atom. The quantitative estimate of drug-likeness (QED) is 0.944. The summed E-state index contributed by atoms with van der Waals surface area (Å²) in [5, 5.41) is 6.89. The van der Waals surface area contributed by atoms with Gasteiger partial charge in [0.15, 0.2) is 0 Å². The van der Waals surface area contributed by atoms with Crippen molar-refractivity contribution in [2.45, 2.75) is 26.3 Å². The van der Waals surface area contributed by atoms with Crippen molar-refractivity contribution in [3.05, 3.63) is 46.3 Å². The fourth-order valence-corrected chi connectivity index (χ4v) is 2.01. The molecule has 0 saturated heterocycles. The fraction of sp³-hybridized carbons (Fsp3) is 0.357. The zero-order chi connectivity index (χ0) is 15.6. The smallest absolute Gasteiger partial charge is 0.293 e. The van der Waals surface area contributed by atoms with E-state index in [0.29, 0.717) is 5.82 Å². The van der Waals surface area contributed by atoms with Gasteiger partial charge in [0.05, 0.1) is 6.54 Å². The van der Waals surface area contributed by atoms with Crippen molar-refractivity contribution in [2.75, 3.05) is 7.05 Å². The van der Waals surface area contributed by atoms with Gasteiger partial charge in [-0.1, -0.05) is 31.5 Å². The molecule has 0 unspecified atom stereocenters. The number of aromatic amines is 1. The molecule has 7 heteroatoms. The molecule has 0 fully saturated rings. The van der Waals surface area contributed by atoms with E-state index in [0.717, 1.165) is 0 Å². The minimum Gasteiger partial charge on any atom is -0.334 e. The van der Waals surface area contributed by atoms with Crippen LogP contribution in [0.1, 0.15) is 41.8 Å². The standard InChI is InChI=1S/C14H16ClFN4O/c1-8(2)12-17-13(19-18-12)14(21)20(3)7-9-10(15)5-4-6-11(9)16/h4-6,8H,7H2,1-3H3,(H,17,18,19). The molecule has 1 amide bonds. The van der Waals surface area contributed by atoms with Gasteiger partial charge < -0.3 is 4.90 Å². The van der Waals surface area contributed by atoms with Crippen LogP contribution >= 0.6 is 11.6 Å². The number of benzene rings is 1. The Labute approximate surface area is 127 Å². The van der Waals surface area contributed by atoms with E-state index in [9.17, 15) is 9.18 Å². The van der Waals surface area contributed by atoms with Crippen LogP contribution in [0.3, 0.4) is 0 Å². The Balaban J connectivity index is 2.15.